The largest absolute Gasteiger partial charge is 0.370 e. The lowest BCUT2D eigenvalue weighted by molar-refractivity contribution is 0.362. The molecule has 1 aliphatic heterocycles. The van der Waals surface area contributed by atoms with Gasteiger partial charge in [0.25, 0.3) is 0 Å². The zero-order valence-electron chi connectivity index (χ0n) is 10.5. The van der Waals surface area contributed by atoms with Gasteiger partial charge in [0.15, 0.2) is 0 Å². The van der Waals surface area contributed by atoms with Crippen molar-refractivity contribution in [3.8, 4) is 0 Å². The highest BCUT2D eigenvalue weighted by molar-refractivity contribution is 5.17. The summed E-state index contributed by atoms with van der Waals surface area (Å²) in [6, 6.07) is 11.1. The van der Waals surface area contributed by atoms with Crippen molar-refractivity contribution >= 4 is 0 Å². The summed E-state index contributed by atoms with van der Waals surface area (Å²) in [5.74, 6) is 1.03. The van der Waals surface area contributed by atoms with Gasteiger partial charge in [0.05, 0.1) is 11.9 Å². The lowest BCUT2D eigenvalue weighted by Gasteiger charge is -2.20. The Labute approximate surface area is 99.0 Å². The summed E-state index contributed by atoms with van der Waals surface area (Å²) in [5, 5.41) is 3.27. The number of benzene rings is 1. The molecule has 1 aromatic carbocycles. The Bertz CT molecular complexity index is 319. The van der Waals surface area contributed by atoms with E-state index in [2.05, 4.69) is 54.2 Å². The van der Waals surface area contributed by atoms with Crippen LogP contribution in [0.1, 0.15) is 19.4 Å². The Morgan fingerprint density at radius 3 is 2.44 bits per heavy atom. The second kappa shape index (κ2) is 6.21. The topological polar surface area (TPSA) is 15.3 Å². The molecule has 0 bridgehead atoms. The molecule has 2 heteroatoms. The Balaban J connectivity index is 0.000000606. The number of hydrogen-bond donors (Lipinski definition) is 1. The highest BCUT2D eigenvalue weighted by Crippen LogP contribution is 2.14. The fourth-order valence-electron chi connectivity index (χ4n) is 1.81. The van der Waals surface area contributed by atoms with Gasteiger partial charge >= 0.3 is 0 Å². The molecule has 0 radical (unpaired) electrons. The summed E-state index contributed by atoms with van der Waals surface area (Å²) in [7, 11) is 2.09. The van der Waals surface area contributed by atoms with Crippen LogP contribution in [0.2, 0.25) is 0 Å². The second-order valence-electron chi connectivity index (χ2n) is 3.78. The van der Waals surface area contributed by atoms with Gasteiger partial charge in [-0.15, -0.1) is 0 Å². The van der Waals surface area contributed by atoms with Crippen molar-refractivity contribution in [2.75, 3.05) is 13.6 Å². The maximum absolute atomic E-state index is 3.94. The molecule has 1 heterocycles. The van der Waals surface area contributed by atoms with Crippen molar-refractivity contribution in [2.45, 2.75) is 26.3 Å². The molecule has 0 amide bonds. The van der Waals surface area contributed by atoms with Crippen LogP contribution in [0, 0.1) is 0 Å². The van der Waals surface area contributed by atoms with Gasteiger partial charge in [-0.2, -0.15) is 0 Å². The van der Waals surface area contributed by atoms with Crippen molar-refractivity contribution in [2.24, 2.45) is 0 Å². The van der Waals surface area contributed by atoms with Crippen molar-refractivity contribution in [3.05, 3.63) is 48.3 Å². The van der Waals surface area contributed by atoms with Crippen molar-refractivity contribution in [3.63, 3.8) is 0 Å². The summed E-state index contributed by atoms with van der Waals surface area (Å²) in [6.07, 6.45) is 1.09. The van der Waals surface area contributed by atoms with E-state index in [0.29, 0.717) is 6.04 Å². The van der Waals surface area contributed by atoms with Gasteiger partial charge in [-0.25, -0.2) is 0 Å². The molecule has 1 aliphatic rings. The number of nitrogens with zero attached hydrogens (tertiary/aromatic N) is 1. The van der Waals surface area contributed by atoms with Crippen LogP contribution in [0.4, 0.5) is 0 Å². The first-order valence-electron chi connectivity index (χ1n) is 5.97. The molecule has 1 N–H and O–H groups in total. The summed E-state index contributed by atoms with van der Waals surface area (Å²) in [4.78, 5) is 2.22. The minimum atomic E-state index is 0.546. The maximum atomic E-state index is 3.94. The van der Waals surface area contributed by atoms with Gasteiger partial charge in [0, 0.05) is 13.6 Å². The molecule has 0 spiro atoms. The molecule has 2 rings (SSSR count). The van der Waals surface area contributed by atoms with Crippen LogP contribution in [0.3, 0.4) is 0 Å². The molecule has 1 saturated heterocycles. The van der Waals surface area contributed by atoms with Crippen molar-refractivity contribution in [1.82, 2.24) is 10.2 Å². The molecule has 1 unspecified atom stereocenters. The third kappa shape index (κ3) is 3.02. The molecule has 88 valence electrons. The second-order valence-corrected chi connectivity index (χ2v) is 3.78. The normalized spacial score (nSPS) is 18.8. The SMILES string of the molecule is C=C1NCC(Cc2ccccc2)N1C.CC. The monoisotopic (exact) mass is 218 g/mol. The van der Waals surface area contributed by atoms with Crippen LogP contribution in [0.5, 0.6) is 0 Å². The van der Waals surface area contributed by atoms with Crippen LogP contribution in [-0.4, -0.2) is 24.5 Å². The minimum absolute atomic E-state index is 0.546. The lowest BCUT2D eigenvalue weighted by atomic mass is 10.1. The summed E-state index contributed by atoms with van der Waals surface area (Å²) in [6.45, 7) is 8.95. The zero-order chi connectivity index (χ0) is 12.0. The first kappa shape index (κ1) is 12.6. The van der Waals surface area contributed by atoms with E-state index in [1.807, 2.05) is 13.8 Å². The third-order valence-corrected chi connectivity index (χ3v) is 2.83. The highest BCUT2D eigenvalue weighted by atomic mass is 15.3. The standard InChI is InChI=1S/C12H16N2.C2H6/c1-10-13-9-12(14(10)2)8-11-6-4-3-5-7-11;1-2/h3-7,12-13H,1,8-9H2,2H3;1-2H3. The Morgan fingerprint density at radius 2 is 1.94 bits per heavy atom. The van der Waals surface area contributed by atoms with Crippen LogP contribution >= 0.6 is 0 Å². The zero-order valence-corrected chi connectivity index (χ0v) is 10.5. The molecule has 16 heavy (non-hydrogen) atoms. The van der Waals surface area contributed by atoms with Crippen molar-refractivity contribution in [1.29, 1.82) is 0 Å². The fraction of sp³-hybridized carbons (Fsp3) is 0.429. The molecule has 1 aromatic rings. The van der Waals surface area contributed by atoms with Crippen molar-refractivity contribution < 1.29 is 0 Å². The molecule has 0 saturated carbocycles. The average molecular weight is 218 g/mol. The number of likely N-dealkylation sites (N-methyl/N-ethyl adjacent to an activating group) is 1. The Kier molecular flexibility index (Phi) is 4.90. The Morgan fingerprint density at radius 1 is 1.31 bits per heavy atom. The Hall–Kier alpha value is -1.44. The average Bonchev–Trinajstić information content (AvgIpc) is 2.65. The van der Waals surface area contributed by atoms with Gasteiger partial charge in [0.1, 0.15) is 0 Å². The molecular formula is C14H22N2. The van der Waals surface area contributed by atoms with E-state index in [-0.39, 0.29) is 0 Å². The highest BCUT2D eigenvalue weighted by Gasteiger charge is 2.22. The van der Waals surface area contributed by atoms with E-state index < -0.39 is 0 Å². The predicted molar refractivity (Wildman–Crippen MR) is 70.2 cm³/mol. The molecule has 2 nitrogen and oxygen atoms in total. The summed E-state index contributed by atoms with van der Waals surface area (Å²) in [5.41, 5.74) is 1.39. The van der Waals surface area contributed by atoms with Crippen LogP contribution in [-0.2, 0) is 6.42 Å². The molecule has 0 aliphatic carbocycles. The van der Waals surface area contributed by atoms with E-state index in [1.54, 1.807) is 0 Å². The maximum Gasteiger partial charge on any atom is 0.0940 e. The molecule has 1 fully saturated rings. The van der Waals surface area contributed by atoms with E-state index in [0.717, 1.165) is 18.8 Å². The van der Waals surface area contributed by atoms with E-state index >= 15 is 0 Å². The summed E-state index contributed by atoms with van der Waals surface area (Å²) >= 11 is 0. The van der Waals surface area contributed by atoms with Gasteiger partial charge in [-0.05, 0) is 12.0 Å². The number of hydrogen-bond acceptors (Lipinski definition) is 2. The van der Waals surface area contributed by atoms with Crippen LogP contribution in [0.25, 0.3) is 0 Å². The smallest absolute Gasteiger partial charge is 0.0940 e. The van der Waals surface area contributed by atoms with Gasteiger partial charge in [-0.3, -0.25) is 0 Å². The van der Waals surface area contributed by atoms with E-state index in [1.165, 1.54) is 5.56 Å². The molecule has 0 aromatic heterocycles. The van der Waals surface area contributed by atoms with E-state index in [4.69, 9.17) is 0 Å². The first-order valence-corrected chi connectivity index (χ1v) is 5.97. The van der Waals surface area contributed by atoms with Crippen LogP contribution < -0.4 is 5.32 Å². The van der Waals surface area contributed by atoms with Gasteiger partial charge in [0.2, 0.25) is 0 Å². The first-order chi connectivity index (χ1) is 7.77. The number of nitrogens with one attached hydrogen (secondary N) is 1. The number of rotatable bonds is 2. The van der Waals surface area contributed by atoms with Crippen LogP contribution in [0.15, 0.2) is 42.7 Å². The molecule has 1 atom stereocenters. The predicted octanol–water partition coefficient (Wildman–Crippen LogP) is 2.63. The van der Waals surface area contributed by atoms with Gasteiger partial charge < -0.3 is 10.2 Å². The van der Waals surface area contributed by atoms with Gasteiger partial charge in [-0.1, -0.05) is 50.8 Å². The molecular weight excluding hydrogens is 196 g/mol. The summed E-state index contributed by atoms with van der Waals surface area (Å²) < 4.78 is 0. The fourth-order valence-corrected chi connectivity index (χ4v) is 1.81. The third-order valence-electron chi connectivity index (χ3n) is 2.83. The lowest BCUT2D eigenvalue weighted by Crippen LogP contribution is -2.27. The minimum Gasteiger partial charge on any atom is -0.370 e. The quantitative estimate of drug-likeness (QED) is 0.821. The van der Waals surface area contributed by atoms with E-state index in [9.17, 15) is 0 Å².